The van der Waals surface area contributed by atoms with Crippen molar-refractivity contribution in [2.75, 3.05) is 6.61 Å². The maximum atomic E-state index is 13.6. The number of hydrogen-bond acceptors (Lipinski definition) is 6. The summed E-state index contributed by atoms with van der Waals surface area (Å²) < 4.78 is 13.2. The van der Waals surface area contributed by atoms with Crippen molar-refractivity contribution in [2.45, 2.75) is 39.8 Å². The predicted octanol–water partition coefficient (Wildman–Crippen LogP) is 4.24. The molecule has 0 radical (unpaired) electrons. The molecule has 0 aliphatic carbocycles. The number of benzene rings is 2. The number of carbonyl (C=O) groups excluding carboxylic acids is 1. The van der Waals surface area contributed by atoms with Gasteiger partial charge in [0.05, 0.1) is 34.6 Å². The lowest BCUT2D eigenvalue weighted by molar-refractivity contribution is -0.143. The number of esters is 1. The van der Waals surface area contributed by atoms with Crippen molar-refractivity contribution in [3.63, 3.8) is 0 Å². The van der Waals surface area contributed by atoms with Crippen LogP contribution in [0.3, 0.4) is 0 Å². The summed E-state index contributed by atoms with van der Waals surface area (Å²) in [5.74, 6) is 0.232. The highest BCUT2D eigenvalue weighted by Crippen LogP contribution is 2.32. The molecule has 0 bridgehead atoms. The molecular formula is C26H25ClN2O4S. The third kappa shape index (κ3) is 4.86. The fourth-order valence-electron chi connectivity index (χ4n) is 3.80. The zero-order valence-corrected chi connectivity index (χ0v) is 20.9. The Morgan fingerprint density at radius 1 is 1.18 bits per heavy atom. The van der Waals surface area contributed by atoms with E-state index in [1.54, 1.807) is 43.5 Å². The van der Waals surface area contributed by atoms with Crippen LogP contribution in [0.5, 0.6) is 5.75 Å². The van der Waals surface area contributed by atoms with Crippen LogP contribution < -0.4 is 19.6 Å². The SMILES string of the molecule is CCOc1ccc([C@@H]2C(C(=O)OC(C)C)=C(C)N=c3s/c(=C/c4ccc(Cl)cc4)c(=O)n32)cc1. The molecule has 34 heavy (non-hydrogen) atoms. The van der Waals surface area contributed by atoms with E-state index in [0.29, 0.717) is 38.0 Å². The van der Waals surface area contributed by atoms with Crippen LogP contribution in [0.15, 0.2) is 69.6 Å². The van der Waals surface area contributed by atoms with Gasteiger partial charge in [-0.05, 0) is 69.2 Å². The molecule has 0 saturated carbocycles. The van der Waals surface area contributed by atoms with Crippen molar-refractivity contribution >= 4 is 35.0 Å². The van der Waals surface area contributed by atoms with Gasteiger partial charge in [0.15, 0.2) is 4.80 Å². The van der Waals surface area contributed by atoms with Crippen LogP contribution in [0.1, 0.15) is 44.9 Å². The van der Waals surface area contributed by atoms with E-state index in [1.807, 2.05) is 43.3 Å². The van der Waals surface area contributed by atoms with Gasteiger partial charge >= 0.3 is 5.97 Å². The molecule has 0 saturated heterocycles. The van der Waals surface area contributed by atoms with Gasteiger partial charge in [-0.3, -0.25) is 9.36 Å². The maximum Gasteiger partial charge on any atom is 0.338 e. The molecule has 8 heteroatoms. The molecule has 2 heterocycles. The Labute approximate surface area is 206 Å². The monoisotopic (exact) mass is 496 g/mol. The summed E-state index contributed by atoms with van der Waals surface area (Å²) in [4.78, 5) is 31.9. The molecule has 6 nitrogen and oxygen atoms in total. The fraction of sp³-hybridized carbons (Fsp3) is 0.269. The van der Waals surface area contributed by atoms with E-state index in [2.05, 4.69) is 4.99 Å². The van der Waals surface area contributed by atoms with E-state index in [4.69, 9.17) is 21.1 Å². The van der Waals surface area contributed by atoms with E-state index >= 15 is 0 Å². The minimum atomic E-state index is -0.662. The largest absolute Gasteiger partial charge is 0.494 e. The Kier molecular flexibility index (Phi) is 7.05. The highest BCUT2D eigenvalue weighted by molar-refractivity contribution is 7.07. The molecule has 2 aromatic carbocycles. The summed E-state index contributed by atoms with van der Waals surface area (Å²) in [5, 5.41) is 0.623. The highest BCUT2D eigenvalue weighted by atomic mass is 35.5. The lowest BCUT2D eigenvalue weighted by Gasteiger charge is -2.25. The normalized spacial score (nSPS) is 15.8. The first kappa shape index (κ1) is 24.0. The highest BCUT2D eigenvalue weighted by Gasteiger charge is 2.33. The second-order valence-electron chi connectivity index (χ2n) is 8.09. The van der Waals surface area contributed by atoms with Crippen molar-refractivity contribution in [1.29, 1.82) is 0 Å². The van der Waals surface area contributed by atoms with Gasteiger partial charge in [-0.2, -0.15) is 0 Å². The minimum absolute atomic E-state index is 0.222. The van der Waals surface area contributed by atoms with Crippen LogP contribution in [0, 0.1) is 0 Å². The third-order valence-electron chi connectivity index (χ3n) is 5.26. The van der Waals surface area contributed by atoms with Crippen molar-refractivity contribution in [1.82, 2.24) is 4.57 Å². The predicted molar refractivity (Wildman–Crippen MR) is 134 cm³/mol. The third-order valence-corrected chi connectivity index (χ3v) is 6.49. The molecule has 1 aliphatic heterocycles. The second kappa shape index (κ2) is 9.99. The van der Waals surface area contributed by atoms with Gasteiger partial charge in [0, 0.05) is 5.02 Å². The van der Waals surface area contributed by atoms with Crippen LogP contribution in [-0.4, -0.2) is 23.2 Å². The van der Waals surface area contributed by atoms with Crippen molar-refractivity contribution in [3.8, 4) is 5.75 Å². The van der Waals surface area contributed by atoms with Crippen LogP contribution in [0.4, 0.5) is 0 Å². The molecule has 4 rings (SSSR count). The molecule has 0 N–H and O–H groups in total. The number of allylic oxidation sites excluding steroid dienone is 1. The average molecular weight is 497 g/mol. The topological polar surface area (TPSA) is 69.9 Å². The molecule has 1 aliphatic rings. The summed E-state index contributed by atoms with van der Waals surface area (Å²) in [6.45, 7) is 7.82. The first-order valence-electron chi connectivity index (χ1n) is 11.0. The Hall–Kier alpha value is -3.16. The Morgan fingerprint density at radius 3 is 2.47 bits per heavy atom. The van der Waals surface area contributed by atoms with E-state index in [9.17, 15) is 9.59 Å². The summed E-state index contributed by atoms with van der Waals surface area (Å²) >= 11 is 7.28. The van der Waals surface area contributed by atoms with Crippen molar-refractivity contribution in [2.24, 2.45) is 4.99 Å². The second-order valence-corrected chi connectivity index (χ2v) is 9.54. The molecule has 0 amide bonds. The maximum absolute atomic E-state index is 13.6. The van der Waals surface area contributed by atoms with Crippen LogP contribution >= 0.6 is 22.9 Å². The molecule has 1 atom stereocenters. The number of carbonyl (C=O) groups is 1. The number of rotatable bonds is 6. The lowest BCUT2D eigenvalue weighted by Crippen LogP contribution is -2.40. The Bertz CT molecular complexity index is 1420. The van der Waals surface area contributed by atoms with Crippen molar-refractivity contribution in [3.05, 3.63) is 95.6 Å². The molecule has 1 aromatic heterocycles. The number of aromatic nitrogens is 1. The summed E-state index contributed by atoms with van der Waals surface area (Å²) in [7, 11) is 0. The van der Waals surface area contributed by atoms with E-state index < -0.39 is 12.0 Å². The number of halogens is 1. The minimum Gasteiger partial charge on any atom is -0.494 e. The lowest BCUT2D eigenvalue weighted by atomic mass is 9.96. The zero-order chi connectivity index (χ0) is 24.4. The van der Waals surface area contributed by atoms with Crippen LogP contribution in [0.2, 0.25) is 5.02 Å². The Morgan fingerprint density at radius 2 is 1.85 bits per heavy atom. The summed E-state index contributed by atoms with van der Waals surface area (Å²) in [5.41, 5.74) is 2.28. The van der Waals surface area contributed by atoms with E-state index in [1.165, 1.54) is 11.3 Å². The summed E-state index contributed by atoms with van der Waals surface area (Å²) in [6, 6.07) is 14.0. The van der Waals surface area contributed by atoms with Crippen LogP contribution in [-0.2, 0) is 9.53 Å². The van der Waals surface area contributed by atoms with Gasteiger partial charge < -0.3 is 9.47 Å². The number of thiazole rings is 1. The standard InChI is InChI=1S/C26H25ClN2O4S/c1-5-32-20-12-8-18(9-13-20)23-22(25(31)33-15(2)3)16(4)28-26-29(23)24(30)21(34-26)14-17-6-10-19(27)11-7-17/h6-15,23H,5H2,1-4H3/b21-14+/t23-/m1/s1. The quantitative estimate of drug-likeness (QED) is 0.479. The molecule has 3 aromatic rings. The fourth-order valence-corrected chi connectivity index (χ4v) is 4.97. The van der Waals surface area contributed by atoms with Crippen molar-refractivity contribution < 1.29 is 14.3 Å². The smallest absolute Gasteiger partial charge is 0.338 e. The van der Waals surface area contributed by atoms with Crippen LogP contribution in [0.25, 0.3) is 6.08 Å². The molecule has 0 spiro atoms. The van der Waals surface area contributed by atoms with Gasteiger partial charge in [-0.15, -0.1) is 0 Å². The van der Waals surface area contributed by atoms with Gasteiger partial charge in [-0.1, -0.05) is 47.2 Å². The Balaban J connectivity index is 1.90. The van der Waals surface area contributed by atoms with Gasteiger partial charge in [-0.25, -0.2) is 9.79 Å². The zero-order valence-electron chi connectivity index (χ0n) is 19.4. The molecule has 176 valence electrons. The first-order chi connectivity index (χ1) is 16.3. The summed E-state index contributed by atoms with van der Waals surface area (Å²) in [6.07, 6.45) is 1.50. The molecular weight excluding hydrogens is 472 g/mol. The van der Waals surface area contributed by atoms with E-state index in [-0.39, 0.29) is 11.7 Å². The van der Waals surface area contributed by atoms with Gasteiger partial charge in [0.2, 0.25) is 0 Å². The first-order valence-corrected chi connectivity index (χ1v) is 12.2. The van der Waals surface area contributed by atoms with Gasteiger partial charge in [0.1, 0.15) is 5.75 Å². The molecule has 0 fully saturated rings. The number of ether oxygens (including phenoxy) is 2. The number of nitrogens with zero attached hydrogens (tertiary/aromatic N) is 2. The average Bonchev–Trinajstić information content (AvgIpc) is 3.09. The van der Waals surface area contributed by atoms with E-state index in [0.717, 1.165) is 11.1 Å². The molecule has 0 unspecified atom stereocenters. The number of hydrogen-bond donors (Lipinski definition) is 0. The number of fused-ring (bicyclic) bond motifs is 1. The van der Waals surface area contributed by atoms with Gasteiger partial charge in [0.25, 0.3) is 5.56 Å².